The van der Waals surface area contributed by atoms with Crippen molar-refractivity contribution in [1.82, 2.24) is 0 Å². The van der Waals surface area contributed by atoms with E-state index in [4.69, 9.17) is 14.7 Å². The number of esters is 1. The first kappa shape index (κ1) is 22.8. The predicted octanol–water partition coefficient (Wildman–Crippen LogP) is 3.44. The number of amides is 1. The molecule has 2 aromatic rings. The lowest BCUT2D eigenvalue weighted by atomic mass is 10.1. The number of carbonyl (C=O) groups excluding carboxylic acids is 2. The molecule has 0 unspecified atom stereocenters. The molecule has 2 aromatic carbocycles. The van der Waals surface area contributed by atoms with E-state index in [1.807, 2.05) is 38.1 Å². The highest BCUT2D eigenvalue weighted by Crippen LogP contribution is 2.26. The first-order valence-corrected chi connectivity index (χ1v) is 9.61. The first-order valence-electron chi connectivity index (χ1n) is 9.61. The fraction of sp³-hybridized carbons (Fsp3) is 0.348. The highest BCUT2D eigenvalue weighted by Gasteiger charge is 2.18. The molecule has 0 spiro atoms. The molecule has 0 radical (unpaired) electrons. The standard InChI is InChI=1S/C23H26N2O5/c1-16-11-17(2)13-19(12-16)25(10-4-9-24)22(27)15-30-23(28)8-6-18-5-7-21(29-3)20(26)14-18/h5,7,11-14,26H,4,6,8,10,15H2,1-3H3. The Morgan fingerprint density at radius 2 is 1.83 bits per heavy atom. The summed E-state index contributed by atoms with van der Waals surface area (Å²) in [5.74, 6) is -0.541. The molecule has 0 saturated heterocycles. The lowest BCUT2D eigenvalue weighted by Gasteiger charge is -2.22. The Morgan fingerprint density at radius 1 is 1.13 bits per heavy atom. The van der Waals surface area contributed by atoms with Crippen LogP contribution in [0.1, 0.15) is 29.5 Å². The molecule has 7 heteroatoms. The number of nitriles is 1. The van der Waals surface area contributed by atoms with E-state index in [2.05, 4.69) is 0 Å². The van der Waals surface area contributed by atoms with Gasteiger partial charge >= 0.3 is 5.97 Å². The normalized spacial score (nSPS) is 10.2. The molecule has 7 nitrogen and oxygen atoms in total. The van der Waals surface area contributed by atoms with E-state index in [-0.39, 0.29) is 31.0 Å². The first-order chi connectivity index (χ1) is 14.3. The molecule has 0 heterocycles. The summed E-state index contributed by atoms with van der Waals surface area (Å²) in [5, 5.41) is 18.7. The molecule has 0 saturated carbocycles. The van der Waals surface area contributed by atoms with Crippen LogP contribution in [0.25, 0.3) is 0 Å². The number of aryl methyl sites for hydroxylation is 3. The molecular weight excluding hydrogens is 384 g/mol. The number of methoxy groups -OCH3 is 1. The third-order valence-electron chi connectivity index (χ3n) is 4.48. The van der Waals surface area contributed by atoms with Crippen LogP contribution in [0.2, 0.25) is 0 Å². The monoisotopic (exact) mass is 410 g/mol. The van der Waals surface area contributed by atoms with Crippen molar-refractivity contribution in [2.24, 2.45) is 0 Å². The molecule has 0 aliphatic heterocycles. The summed E-state index contributed by atoms with van der Waals surface area (Å²) in [5.41, 5.74) is 3.43. The number of nitrogens with zero attached hydrogens (tertiary/aromatic N) is 2. The summed E-state index contributed by atoms with van der Waals surface area (Å²) >= 11 is 0. The SMILES string of the molecule is COc1ccc(CCC(=O)OCC(=O)N(CCC#N)c2cc(C)cc(C)c2)cc1O. The smallest absolute Gasteiger partial charge is 0.306 e. The van der Waals surface area contributed by atoms with E-state index in [9.17, 15) is 14.7 Å². The lowest BCUT2D eigenvalue weighted by Crippen LogP contribution is -2.35. The fourth-order valence-corrected chi connectivity index (χ4v) is 3.10. The van der Waals surface area contributed by atoms with Gasteiger partial charge in [0.2, 0.25) is 0 Å². The van der Waals surface area contributed by atoms with Crippen LogP contribution in [0.3, 0.4) is 0 Å². The molecule has 0 aliphatic carbocycles. The molecule has 0 bridgehead atoms. The molecule has 2 rings (SSSR count). The number of phenolic OH excluding ortho intramolecular Hbond substituents is 1. The maximum absolute atomic E-state index is 12.7. The lowest BCUT2D eigenvalue weighted by molar-refractivity contribution is -0.147. The van der Waals surface area contributed by atoms with E-state index in [0.29, 0.717) is 17.9 Å². The van der Waals surface area contributed by atoms with Crippen molar-refractivity contribution in [2.45, 2.75) is 33.1 Å². The van der Waals surface area contributed by atoms with E-state index >= 15 is 0 Å². The maximum atomic E-state index is 12.7. The number of hydrogen-bond donors (Lipinski definition) is 1. The van der Waals surface area contributed by atoms with Crippen LogP contribution in [0, 0.1) is 25.2 Å². The summed E-state index contributed by atoms with van der Waals surface area (Å²) in [4.78, 5) is 26.2. The molecule has 1 amide bonds. The van der Waals surface area contributed by atoms with Crippen molar-refractivity contribution in [2.75, 3.05) is 25.2 Å². The van der Waals surface area contributed by atoms with Crippen molar-refractivity contribution < 1.29 is 24.2 Å². The minimum atomic E-state index is -0.515. The van der Waals surface area contributed by atoms with Crippen LogP contribution in [0.15, 0.2) is 36.4 Å². The predicted molar refractivity (Wildman–Crippen MR) is 112 cm³/mol. The van der Waals surface area contributed by atoms with Crippen molar-refractivity contribution in [3.63, 3.8) is 0 Å². The van der Waals surface area contributed by atoms with Gasteiger partial charge in [-0.3, -0.25) is 9.59 Å². The highest BCUT2D eigenvalue weighted by atomic mass is 16.5. The molecule has 1 N–H and O–H groups in total. The van der Waals surface area contributed by atoms with Crippen molar-refractivity contribution >= 4 is 17.6 Å². The van der Waals surface area contributed by atoms with E-state index < -0.39 is 12.6 Å². The van der Waals surface area contributed by atoms with E-state index in [1.165, 1.54) is 18.1 Å². The van der Waals surface area contributed by atoms with Gasteiger partial charge < -0.3 is 19.5 Å². The Labute approximate surface area is 176 Å². The molecule has 0 fully saturated rings. The quantitative estimate of drug-likeness (QED) is 0.636. The summed E-state index contributed by atoms with van der Waals surface area (Å²) in [6, 6.07) is 12.7. The topological polar surface area (TPSA) is 99.9 Å². The van der Waals surface area contributed by atoms with Gasteiger partial charge in [-0.15, -0.1) is 0 Å². The van der Waals surface area contributed by atoms with Crippen LogP contribution in [0.5, 0.6) is 11.5 Å². The Hall–Kier alpha value is -3.53. The highest BCUT2D eigenvalue weighted by molar-refractivity contribution is 5.95. The van der Waals surface area contributed by atoms with Gasteiger partial charge in [0.25, 0.3) is 5.91 Å². The zero-order valence-corrected chi connectivity index (χ0v) is 17.5. The zero-order valence-electron chi connectivity index (χ0n) is 17.5. The minimum Gasteiger partial charge on any atom is -0.504 e. The number of benzene rings is 2. The number of rotatable bonds is 9. The Bertz CT molecular complexity index is 929. The molecular formula is C23H26N2O5. The Kier molecular flexibility index (Phi) is 8.24. The van der Waals surface area contributed by atoms with Crippen molar-refractivity contribution in [1.29, 1.82) is 5.26 Å². The Morgan fingerprint density at radius 3 is 2.43 bits per heavy atom. The third kappa shape index (κ3) is 6.52. The van der Waals surface area contributed by atoms with Gasteiger partial charge in [-0.1, -0.05) is 12.1 Å². The Balaban J connectivity index is 1.94. The second-order valence-electron chi connectivity index (χ2n) is 6.97. The third-order valence-corrected chi connectivity index (χ3v) is 4.48. The number of carbonyl (C=O) groups is 2. The maximum Gasteiger partial charge on any atom is 0.306 e. The number of phenols is 1. The molecule has 30 heavy (non-hydrogen) atoms. The van der Waals surface area contributed by atoms with Crippen LogP contribution in [0.4, 0.5) is 5.69 Å². The summed E-state index contributed by atoms with van der Waals surface area (Å²) in [6.07, 6.45) is 0.605. The second-order valence-corrected chi connectivity index (χ2v) is 6.97. The van der Waals surface area contributed by atoms with Gasteiger partial charge in [0, 0.05) is 18.7 Å². The van der Waals surface area contributed by atoms with Gasteiger partial charge in [0.05, 0.1) is 19.6 Å². The van der Waals surface area contributed by atoms with E-state index in [1.54, 1.807) is 12.1 Å². The van der Waals surface area contributed by atoms with Crippen molar-refractivity contribution in [3.8, 4) is 17.6 Å². The number of anilines is 1. The van der Waals surface area contributed by atoms with Crippen LogP contribution in [-0.2, 0) is 20.7 Å². The molecule has 0 aromatic heterocycles. The number of aromatic hydroxyl groups is 1. The van der Waals surface area contributed by atoms with Gasteiger partial charge in [-0.25, -0.2) is 0 Å². The second kappa shape index (κ2) is 10.9. The average molecular weight is 410 g/mol. The number of ether oxygens (including phenoxy) is 2. The largest absolute Gasteiger partial charge is 0.504 e. The van der Waals surface area contributed by atoms with Gasteiger partial charge in [0.15, 0.2) is 18.1 Å². The molecule has 0 atom stereocenters. The fourth-order valence-electron chi connectivity index (χ4n) is 3.10. The van der Waals surface area contributed by atoms with Gasteiger partial charge in [-0.2, -0.15) is 5.26 Å². The number of hydrogen-bond acceptors (Lipinski definition) is 6. The van der Waals surface area contributed by atoms with Crippen LogP contribution in [-0.4, -0.2) is 37.2 Å². The molecule has 158 valence electrons. The summed E-state index contributed by atoms with van der Waals surface area (Å²) in [7, 11) is 1.46. The molecule has 0 aliphatic rings. The van der Waals surface area contributed by atoms with E-state index in [0.717, 1.165) is 16.7 Å². The van der Waals surface area contributed by atoms with Crippen molar-refractivity contribution in [3.05, 3.63) is 53.1 Å². The van der Waals surface area contributed by atoms with Gasteiger partial charge in [-0.05, 0) is 61.2 Å². The minimum absolute atomic E-state index is 0.000118. The van der Waals surface area contributed by atoms with Gasteiger partial charge in [0.1, 0.15) is 0 Å². The summed E-state index contributed by atoms with van der Waals surface area (Å²) in [6.45, 7) is 3.69. The van der Waals surface area contributed by atoms with Crippen LogP contribution >= 0.6 is 0 Å². The average Bonchev–Trinajstić information content (AvgIpc) is 2.70. The van der Waals surface area contributed by atoms with Crippen LogP contribution < -0.4 is 9.64 Å². The summed E-state index contributed by atoms with van der Waals surface area (Å²) < 4.78 is 10.1. The zero-order chi connectivity index (χ0) is 22.1.